The van der Waals surface area contributed by atoms with E-state index in [2.05, 4.69) is 80.5 Å². The molecule has 12 aromatic carbocycles. The van der Waals surface area contributed by atoms with Crippen molar-refractivity contribution in [1.29, 1.82) is 0 Å². The molecule has 0 fully saturated rings. The summed E-state index contributed by atoms with van der Waals surface area (Å²) in [6.45, 7) is 10.3. The average Bonchev–Trinajstić information content (AvgIpc) is 0.798. The number of aryl methyl sites for hydroxylation is 5. The maximum atomic E-state index is 12.9. The van der Waals surface area contributed by atoms with Crippen LogP contribution in [0.3, 0.4) is 0 Å². The topological polar surface area (TPSA) is 249 Å². The third-order valence-electron chi connectivity index (χ3n) is 17.7. The molecule has 0 aliphatic heterocycles. The first-order chi connectivity index (χ1) is 52.1. The Morgan fingerprint density at radius 2 is 0.645 bits per heavy atom. The summed E-state index contributed by atoms with van der Waals surface area (Å²) in [6.07, 6.45) is 2.06. The third kappa shape index (κ3) is 19.0. The van der Waals surface area contributed by atoms with Gasteiger partial charge in [0.15, 0.2) is 0 Å². The van der Waals surface area contributed by atoms with Crippen LogP contribution in [0.1, 0.15) is 83.4 Å². The predicted octanol–water partition coefficient (Wildman–Crippen LogP) is 20.2. The Hall–Kier alpha value is -13.6. The third-order valence-corrected chi connectivity index (χ3v) is 17.7. The Kier molecular flexibility index (Phi) is 24.0. The summed E-state index contributed by atoms with van der Waals surface area (Å²) in [7, 11) is 0. The fourth-order valence-corrected chi connectivity index (χ4v) is 11.8. The Balaban J connectivity index is 0.000000142. The number of carboxylic acid groups (broad SMARTS) is 1. The standard InChI is InChI=1S/C31H28N4O.C29H24N4O2.C21H15N3O2.C9H12O/c1-3-9-22-15-14-21(2)28(20-22)33-30(36)24-16-18-25(19-17-24)32-31-34-27-13-8-7-12-26(27)29(35-31)23-10-5-4-6-11-23;1-19-11-12-20(18-34)17-26(19)31-28(35)22-13-15-23(16-14-22)30-29-32-25-10-6-5-9-24(25)27(33-29)21-7-3-2-4-8-21;25-20(26)15-10-12-16(13-11-15)22-21-23-18-9-5-4-8-17(18)19(24-21)14-6-2-1-3-7-14;1-7-3-4-9(6-10)5-8(7)2/h4-8,10-20H,3,9H2,1-2H3,(H,33,36)(H,32,34,35);2-17,34H,18H2,1H3,(H,31,35)(H,30,32,33);1-13H,(H,25,26)(H,22,23,24);3-5,10H,6H2,1-2H3. The Morgan fingerprint density at radius 3 is 0.991 bits per heavy atom. The van der Waals surface area contributed by atoms with Crippen LogP contribution in [0.4, 0.5) is 46.3 Å². The largest absolute Gasteiger partial charge is 0.478 e. The van der Waals surface area contributed by atoms with Crippen LogP contribution in [0.15, 0.2) is 291 Å². The molecular weight excluding hydrogens is 1330 g/mol. The zero-order chi connectivity index (χ0) is 74.6. The molecular formula is C90H79N11O6. The van der Waals surface area contributed by atoms with Crippen LogP contribution in [0, 0.1) is 27.7 Å². The summed E-state index contributed by atoms with van der Waals surface area (Å²) >= 11 is 0. The summed E-state index contributed by atoms with van der Waals surface area (Å²) in [5.74, 6) is 0.148. The highest BCUT2D eigenvalue weighted by Crippen LogP contribution is 2.33. The Labute approximate surface area is 620 Å². The summed E-state index contributed by atoms with van der Waals surface area (Å²) in [5.41, 5.74) is 20.8. The molecule has 0 aliphatic rings. The van der Waals surface area contributed by atoms with E-state index in [1.807, 2.05) is 244 Å². The summed E-state index contributed by atoms with van der Waals surface area (Å²) < 4.78 is 0. The van der Waals surface area contributed by atoms with Crippen LogP contribution in [0.2, 0.25) is 0 Å². The Bertz CT molecular complexity index is 5600. The fraction of sp³-hybridized carbons (Fsp3) is 0.100. The molecule has 0 atom stereocenters. The van der Waals surface area contributed by atoms with Crippen molar-refractivity contribution < 1.29 is 29.7 Å². The summed E-state index contributed by atoms with van der Waals surface area (Å²) in [6, 6.07) is 92.6. The van der Waals surface area contributed by atoms with Gasteiger partial charge in [0.05, 0.1) is 52.4 Å². The highest BCUT2D eigenvalue weighted by atomic mass is 16.4. The normalized spacial score (nSPS) is 10.7. The molecule has 2 amide bonds. The van der Waals surface area contributed by atoms with Crippen molar-refractivity contribution in [3.05, 3.63) is 347 Å². The minimum absolute atomic E-state index is 0.0770. The van der Waals surface area contributed by atoms with E-state index in [-0.39, 0.29) is 30.6 Å². The number of hydrogen-bond acceptors (Lipinski definition) is 14. The molecule has 0 spiro atoms. The number of aliphatic hydroxyl groups excluding tert-OH is 2. The van der Waals surface area contributed by atoms with E-state index < -0.39 is 5.97 Å². The molecule has 17 heteroatoms. The Morgan fingerprint density at radius 1 is 0.327 bits per heavy atom. The smallest absolute Gasteiger partial charge is 0.335 e. The second-order valence-electron chi connectivity index (χ2n) is 25.4. The van der Waals surface area contributed by atoms with Gasteiger partial charge in [0.2, 0.25) is 17.8 Å². The average molecular weight is 1410 g/mol. The van der Waals surface area contributed by atoms with Crippen molar-refractivity contribution in [2.75, 3.05) is 26.6 Å². The molecule has 3 heterocycles. The highest BCUT2D eigenvalue weighted by molar-refractivity contribution is 6.06. The van der Waals surface area contributed by atoms with Gasteiger partial charge in [-0.25, -0.2) is 34.7 Å². The second kappa shape index (κ2) is 35.0. The maximum absolute atomic E-state index is 12.9. The maximum Gasteiger partial charge on any atom is 0.335 e. The van der Waals surface area contributed by atoms with Gasteiger partial charge < -0.3 is 41.9 Å². The van der Waals surface area contributed by atoms with E-state index in [0.717, 1.165) is 124 Å². The monoisotopic (exact) mass is 1410 g/mol. The van der Waals surface area contributed by atoms with Gasteiger partial charge in [0.1, 0.15) is 0 Å². The molecule has 107 heavy (non-hydrogen) atoms. The summed E-state index contributed by atoms with van der Waals surface area (Å²) in [5, 5.41) is 45.8. The van der Waals surface area contributed by atoms with Crippen molar-refractivity contribution in [3.8, 4) is 33.8 Å². The first kappa shape index (κ1) is 73.2. The van der Waals surface area contributed by atoms with Crippen molar-refractivity contribution in [2.24, 2.45) is 0 Å². The van der Waals surface area contributed by atoms with Gasteiger partial charge in [-0.05, 0) is 176 Å². The van der Waals surface area contributed by atoms with Gasteiger partial charge in [0.25, 0.3) is 11.8 Å². The zero-order valence-electron chi connectivity index (χ0n) is 59.8. The van der Waals surface area contributed by atoms with E-state index in [9.17, 15) is 19.5 Å². The SMILES string of the molecule is CCCc1ccc(C)c(NC(=O)c2ccc(Nc3nc(-c4ccccc4)c4ccccc4n3)cc2)c1.Cc1ccc(CO)cc1C.Cc1ccc(CO)cc1NC(=O)c1ccc(Nc2nc(-c3ccccc3)c3ccccc3n2)cc1.O=C(O)c1ccc(Nc2nc(-c3ccccc3)c3ccccc3n2)cc1. The lowest BCUT2D eigenvalue weighted by Gasteiger charge is -2.12. The number of hydrogen-bond donors (Lipinski definition) is 8. The molecule has 0 saturated heterocycles. The van der Waals surface area contributed by atoms with E-state index >= 15 is 0 Å². The minimum Gasteiger partial charge on any atom is -0.478 e. The number of fused-ring (bicyclic) bond motifs is 3. The second-order valence-corrected chi connectivity index (χ2v) is 25.4. The van der Waals surface area contributed by atoms with Gasteiger partial charge in [-0.3, -0.25) is 9.59 Å². The highest BCUT2D eigenvalue weighted by Gasteiger charge is 2.17. The lowest BCUT2D eigenvalue weighted by Crippen LogP contribution is -2.13. The van der Waals surface area contributed by atoms with Crippen molar-refractivity contribution in [2.45, 2.75) is 60.7 Å². The quantitative estimate of drug-likeness (QED) is 0.0398. The first-order valence-corrected chi connectivity index (χ1v) is 35.1. The van der Waals surface area contributed by atoms with Gasteiger partial charge >= 0.3 is 5.97 Å². The van der Waals surface area contributed by atoms with Gasteiger partial charge in [0, 0.05) is 72.4 Å². The van der Waals surface area contributed by atoms with Crippen LogP contribution < -0.4 is 26.6 Å². The van der Waals surface area contributed by atoms with Crippen LogP contribution in [0.5, 0.6) is 0 Å². The molecule has 15 rings (SSSR count). The number of carboxylic acids is 1. The lowest BCUT2D eigenvalue weighted by atomic mass is 10.1. The van der Waals surface area contributed by atoms with E-state index in [1.165, 1.54) is 16.7 Å². The molecule has 0 radical (unpaired) electrons. The van der Waals surface area contributed by atoms with E-state index in [1.54, 1.807) is 42.5 Å². The number of amides is 2. The van der Waals surface area contributed by atoms with E-state index in [4.69, 9.17) is 25.2 Å². The molecule has 0 aliphatic carbocycles. The molecule has 0 bridgehead atoms. The molecule has 0 unspecified atom stereocenters. The molecule has 8 N–H and O–H groups in total. The van der Waals surface area contributed by atoms with Gasteiger partial charge in [-0.2, -0.15) is 0 Å². The number of para-hydroxylation sites is 3. The van der Waals surface area contributed by atoms with Gasteiger partial charge in [-0.1, -0.05) is 201 Å². The number of rotatable bonds is 18. The minimum atomic E-state index is -0.954. The number of aromatic nitrogens is 6. The van der Waals surface area contributed by atoms with Crippen LogP contribution >= 0.6 is 0 Å². The zero-order valence-corrected chi connectivity index (χ0v) is 59.8. The molecule has 530 valence electrons. The predicted molar refractivity (Wildman–Crippen MR) is 431 cm³/mol. The summed E-state index contributed by atoms with van der Waals surface area (Å²) in [4.78, 5) is 64.9. The van der Waals surface area contributed by atoms with Crippen LogP contribution in [-0.2, 0) is 19.6 Å². The first-order valence-electron chi connectivity index (χ1n) is 35.1. The number of carbonyl (C=O) groups excluding carboxylic acids is 2. The van der Waals surface area contributed by atoms with Crippen LogP contribution in [-0.4, -0.2) is 63.0 Å². The lowest BCUT2D eigenvalue weighted by molar-refractivity contribution is 0.0696. The molecule has 15 aromatic rings. The molecule has 17 nitrogen and oxygen atoms in total. The number of benzene rings is 12. The van der Waals surface area contributed by atoms with Crippen LogP contribution in [0.25, 0.3) is 66.5 Å². The number of aromatic carboxylic acids is 1. The number of nitrogens with zero attached hydrogens (tertiary/aromatic N) is 6. The number of aliphatic hydroxyl groups is 2. The van der Waals surface area contributed by atoms with Crippen molar-refractivity contribution in [1.82, 2.24) is 29.9 Å². The fourth-order valence-electron chi connectivity index (χ4n) is 11.8. The van der Waals surface area contributed by atoms with Crippen molar-refractivity contribution >= 4 is 96.8 Å². The van der Waals surface area contributed by atoms with Crippen molar-refractivity contribution in [3.63, 3.8) is 0 Å². The van der Waals surface area contributed by atoms with Gasteiger partial charge in [-0.15, -0.1) is 0 Å². The molecule has 3 aromatic heterocycles. The number of anilines is 8. The number of carbonyl (C=O) groups is 3. The number of nitrogens with one attached hydrogen (secondary N) is 5. The van der Waals surface area contributed by atoms with E-state index in [0.29, 0.717) is 34.7 Å². The molecule has 0 saturated carbocycles.